The van der Waals surface area contributed by atoms with E-state index in [9.17, 15) is 5.11 Å². The molecule has 2 aromatic carbocycles. The molecule has 0 bridgehead atoms. The van der Waals surface area contributed by atoms with Crippen LogP contribution in [0.4, 0.5) is 11.8 Å². The lowest BCUT2D eigenvalue weighted by atomic mass is 10.1. The van der Waals surface area contributed by atoms with Crippen LogP contribution in [0.1, 0.15) is 31.5 Å². The smallest absolute Gasteiger partial charge is 0.225 e. The first-order chi connectivity index (χ1) is 19.8. The van der Waals surface area contributed by atoms with Gasteiger partial charge in [-0.05, 0) is 57.0 Å². The van der Waals surface area contributed by atoms with Crippen LogP contribution in [-0.4, -0.2) is 64.9 Å². The number of thiazole rings is 1. The summed E-state index contributed by atoms with van der Waals surface area (Å²) in [6, 6.07) is 13.7. The van der Waals surface area contributed by atoms with Gasteiger partial charge in [0.2, 0.25) is 5.95 Å². The summed E-state index contributed by atoms with van der Waals surface area (Å²) in [5.41, 5.74) is 3.55. The topological polar surface area (TPSA) is 120 Å². The van der Waals surface area contributed by atoms with Crippen LogP contribution >= 0.6 is 11.3 Å². The van der Waals surface area contributed by atoms with Gasteiger partial charge in [-0.2, -0.15) is 4.98 Å². The first-order valence-corrected chi connectivity index (χ1v) is 14.5. The molecule has 10 nitrogen and oxygen atoms in total. The third-order valence-corrected chi connectivity index (χ3v) is 8.65. The highest BCUT2D eigenvalue weighted by Crippen LogP contribution is 2.44. The highest BCUT2D eigenvalue weighted by molar-refractivity contribution is 7.21. The van der Waals surface area contributed by atoms with E-state index in [0.717, 1.165) is 32.0 Å². The van der Waals surface area contributed by atoms with Gasteiger partial charge in [0.25, 0.3) is 0 Å². The van der Waals surface area contributed by atoms with Gasteiger partial charge in [-0.25, -0.2) is 9.97 Å². The Bertz CT molecular complexity index is 1500. The minimum Gasteiger partial charge on any atom is -0.497 e. The summed E-state index contributed by atoms with van der Waals surface area (Å²) >= 11 is 1.61. The number of ether oxygens (including phenoxy) is 4. The van der Waals surface area contributed by atoms with Gasteiger partial charge in [0.15, 0.2) is 5.79 Å². The highest BCUT2D eigenvalue weighted by atomic mass is 32.1. The number of fused-ring (bicyclic) bond motifs is 2. The Morgan fingerprint density at radius 1 is 1.02 bits per heavy atom. The largest absolute Gasteiger partial charge is 0.497 e. The lowest BCUT2D eigenvalue weighted by Crippen LogP contribution is -2.35. The van der Waals surface area contributed by atoms with E-state index in [-0.39, 0.29) is 30.8 Å². The maximum atomic E-state index is 10.1. The van der Waals surface area contributed by atoms with Gasteiger partial charge in [0, 0.05) is 25.1 Å². The van der Waals surface area contributed by atoms with Gasteiger partial charge in [0.05, 0.1) is 47.8 Å². The van der Waals surface area contributed by atoms with Crippen molar-refractivity contribution in [2.24, 2.45) is 5.92 Å². The molecule has 1 saturated carbocycles. The van der Waals surface area contributed by atoms with Crippen LogP contribution in [0.2, 0.25) is 0 Å². The molecule has 3 heterocycles. The number of aliphatic hydroxyl groups excluding tert-OH is 1. The van der Waals surface area contributed by atoms with E-state index in [1.54, 1.807) is 25.6 Å². The summed E-state index contributed by atoms with van der Waals surface area (Å²) in [6.45, 7) is 6.30. The lowest BCUT2D eigenvalue weighted by molar-refractivity contribution is -0.158. The number of nitrogens with zero attached hydrogens (tertiary/aromatic N) is 3. The van der Waals surface area contributed by atoms with Gasteiger partial charge in [-0.1, -0.05) is 12.1 Å². The van der Waals surface area contributed by atoms with Gasteiger partial charge in [-0.3, -0.25) is 0 Å². The van der Waals surface area contributed by atoms with Crippen LogP contribution in [-0.2, 0) is 16.0 Å². The Kier molecular flexibility index (Phi) is 7.45. The van der Waals surface area contributed by atoms with Crippen molar-refractivity contribution in [3.8, 4) is 22.1 Å². The molecule has 3 N–H and O–H groups in total. The maximum absolute atomic E-state index is 10.1. The molecule has 0 radical (unpaired) electrons. The molecule has 6 rings (SSSR count). The summed E-state index contributed by atoms with van der Waals surface area (Å²) in [6.07, 6.45) is 0.277. The molecular formula is C30H35N5O5S. The van der Waals surface area contributed by atoms with E-state index < -0.39 is 5.79 Å². The van der Waals surface area contributed by atoms with Crippen LogP contribution in [0.5, 0.6) is 11.5 Å². The first-order valence-electron chi connectivity index (χ1n) is 13.7. The van der Waals surface area contributed by atoms with E-state index in [2.05, 4.69) is 16.7 Å². The number of methoxy groups -OCH3 is 2. The molecule has 0 unspecified atom stereocenters. The number of benzene rings is 2. The fourth-order valence-corrected chi connectivity index (χ4v) is 6.79. The SMILES string of the molecule is COc1cc(CNc2nc(C)c(-c3nc4ccccc4s3)c(N[C@@H]3C[C@H](CO)[C@H]4OC(C)(C)O[C@H]43)n2)cc(OC)c1. The number of hydrogen-bond donors (Lipinski definition) is 3. The molecule has 2 fully saturated rings. The second-order valence-electron chi connectivity index (χ2n) is 10.9. The molecule has 2 aliphatic rings. The number of hydrogen-bond acceptors (Lipinski definition) is 11. The molecule has 0 spiro atoms. The Balaban J connectivity index is 1.35. The van der Waals surface area contributed by atoms with Crippen molar-refractivity contribution >= 4 is 33.3 Å². The molecule has 216 valence electrons. The minimum absolute atomic E-state index is 0.0309. The number of aromatic nitrogens is 3. The fraction of sp³-hybridized carbons (Fsp3) is 0.433. The zero-order valence-corrected chi connectivity index (χ0v) is 24.6. The average molecular weight is 578 g/mol. The Labute approximate surface area is 243 Å². The van der Waals surface area contributed by atoms with E-state index in [0.29, 0.717) is 36.2 Å². The maximum Gasteiger partial charge on any atom is 0.225 e. The number of aryl methyl sites for hydroxylation is 1. The predicted octanol–water partition coefficient (Wildman–Crippen LogP) is 5.00. The summed E-state index contributed by atoms with van der Waals surface area (Å²) in [5, 5.41) is 18.0. The van der Waals surface area contributed by atoms with Gasteiger partial charge < -0.3 is 34.7 Å². The second kappa shape index (κ2) is 11.1. The molecule has 2 aromatic heterocycles. The van der Waals surface area contributed by atoms with Crippen molar-refractivity contribution < 1.29 is 24.1 Å². The van der Waals surface area contributed by atoms with Crippen molar-refractivity contribution in [2.45, 2.75) is 57.8 Å². The van der Waals surface area contributed by atoms with E-state index in [1.807, 2.05) is 57.2 Å². The number of rotatable bonds is 9. The monoisotopic (exact) mass is 577 g/mol. The predicted molar refractivity (Wildman–Crippen MR) is 159 cm³/mol. The summed E-state index contributed by atoms with van der Waals surface area (Å²) in [5.74, 6) is 1.82. The minimum atomic E-state index is -0.717. The standard InChI is InChI=1S/C30H35N5O5S/c1-16-24(28-34-21-8-6-7-9-23(21)41-28)27(33-22-12-18(15-36)25-26(22)40-30(2,3)39-25)35-29(32-16)31-14-17-10-19(37-4)13-20(11-17)38-5/h6-11,13,18,22,25-26,36H,12,14-15H2,1-5H3,(H2,31,32,33,35)/t18-,22-,25-,26+/m1/s1. The Hall–Kier alpha value is -3.51. The molecular weight excluding hydrogens is 542 g/mol. The van der Waals surface area contributed by atoms with Crippen LogP contribution in [0, 0.1) is 12.8 Å². The lowest BCUT2D eigenvalue weighted by Gasteiger charge is -2.25. The normalized spacial score (nSPS) is 23.0. The third kappa shape index (κ3) is 5.54. The second-order valence-corrected chi connectivity index (χ2v) is 11.9. The average Bonchev–Trinajstić information content (AvgIpc) is 3.62. The number of anilines is 2. The molecule has 1 saturated heterocycles. The molecule has 0 amide bonds. The van der Waals surface area contributed by atoms with Crippen LogP contribution < -0.4 is 20.1 Å². The van der Waals surface area contributed by atoms with Gasteiger partial charge in [0.1, 0.15) is 28.4 Å². The summed E-state index contributed by atoms with van der Waals surface area (Å²) in [4.78, 5) is 14.7. The highest BCUT2D eigenvalue weighted by Gasteiger charge is 2.54. The Morgan fingerprint density at radius 3 is 2.46 bits per heavy atom. The number of para-hydroxylation sites is 1. The summed E-state index contributed by atoms with van der Waals surface area (Å²) < 4.78 is 24.4. The van der Waals surface area contributed by atoms with Crippen LogP contribution in [0.3, 0.4) is 0 Å². The first kappa shape index (κ1) is 27.6. The van der Waals surface area contributed by atoms with Crippen molar-refractivity contribution in [1.82, 2.24) is 15.0 Å². The zero-order chi connectivity index (χ0) is 28.7. The third-order valence-electron chi connectivity index (χ3n) is 7.60. The van der Waals surface area contributed by atoms with Crippen LogP contribution in [0.15, 0.2) is 42.5 Å². The summed E-state index contributed by atoms with van der Waals surface area (Å²) in [7, 11) is 3.26. The Morgan fingerprint density at radius 2 is 1.76 bits per heavy atom. The molecule has 11 heteroatoms. The van der Waals surface area contributed by atoms with E-state index >= 15 is 0 Å². The van der Waals surface area contributed by atoms with E-state index in [4.69, 9.17) is 33.9 Å². The quantitative estimate of drug-likeness (QED) is 0.251. The zero-order valence-electron chi connectivity index (χ0n) is 23.8. The number of aliphatic hydroxyl groups is 1. The van der Waals surface area contributed by atoms with Crippen molar-refractivity contribution in [2.75, 3.05) is 31.5 Å². The molecule has 4 aromatic rings. The molecule has 1 aliphatic heterocycles. The molecule has 1 aliphatic carbocycles. The van der Waals surface area contributed by atoms with Crippen LogP contribution in [0.25, 0.3) is 20.8 Å². The van der Waals surface area contributed by atoms with Crippen molar-refractivity contribution in [3.63, 3.8) is 0 Å². The number of nitrogens with one attached hydrogen (secondary N) is 2. The fourth-order valence-electron chi connectivity index (χ4n) is 5.72. The van der Waals surface area contributed by atoms with Crippen molar-refractivity contribution in [3.05, 3.63) is 53.7 Å². The van der Waals surface area contributed by atoms with Crippen molar-refractivity contribution in [1.29, 1.82) is 0 Å². The van der Waals surface area contributed by atoms with Gasteiger partial charge in [-0.15, -0.1) is 11.3 Å². The molecule has 4 atom stereocenters. The molecule has 41 heavy (non-hydrogen) atoms. The van der Waals surface area contributed by atoms with E-state index in [1.165, 1.54) is 0 Å². The van der Waals surface area contributed by atoms with Gasteiger partial charge >= 0.3 is 0 Å².